The van der Waals surface area contributed by atoms with Crippen molar-refractivity contribution in [3.8, 4) is 6.07 Å². The summed E-state index contributed by atoms with van der Waals surface area (Å²) in [6, 6.07) is 5.91. The van der Waals surface area contributed by atoms with Crippen molar-refractivity contribution in [1.29, 1.82) is 5.26 Å². The summed E-state index contributed by atoms with van der Waals surface area (Å²) in [6.45, 7) is 1.99. The van der Waals surface area contributed by atoms with Crippen LogP contribution in [0.1, 0.15) is 27.4 Å². The summed E-state index contributed by atoms with van der Waals surface area (Å²) in [5.74, 6) is -0.370. The SMILES string of the molecule is COC(=O)c1cnc(C)n1Cc1ccc(F)cc1C#N. The highest BCUT2D eigenvalue weighted by atomic mass is 19.1. The maximum Gasteiger partial charge on any atom is 0.356 e. The summed E-state index contributed by atoms with van der Waals surface area (Å²) in [4.78, 5) is 15.7. The van der Waals surface area contributed by atoms with Gasteiger partial charge in [0.1, 0.15) is 17.3 Å². The molecule has 2 rings (SSSR count). The molecule has 0 saturated heterocycles. The first kappa shape index (κ1) is 13.7. The van der Waals surface area contributed by atoms with E-state index in [1.807, 2.05) is 6.07 Å². The second-order valence-electron chi connectivity index (χ2n) is 4.18. The van der Waals surface area contributed by atoms with E-state index in [2.05, 4.69) is 9.72 Å². The smallest absolute Gasteiger partial charge is 0.356 e. The highest BCUT2D eigenvalue weighted by Gasteiger charge is 2.16. The molecule has 102 valence electrons. The van der Waals surface area contributed by atoms with Gasteiger partial charge in [-0.25, -0.2) is 14.2 Å². The topological polar surface area (TPSA) is 67.9 Å². The van der Waals surface area contributed by atoms with Crippen molar-refractivity contribution in [3.63, 3.8) is 0 Å². The molecule has 0 aliphatic heterocycles. The molecule has 1 aromatic heterocycles. The van der Waals surface area contributed by atoms with Crippen molar-refractivity contribution in [2.45, 2.75) is 13.5 Å². The van der Waals surface area contributed by atoms with Crippen LogP contribution in [0.5, 0.6) is 0 Å². The second-order valence-corrected chi connectivity index (χ2v) is 4.18. The summed E-state index contributed by atoms with van der Waals surface area (Å²) in [5, 5.41) is 9.03. The zero-order chi connectivity index (χ0) is 14.7. The predicted molar refractivity (Wildman–Crippen MR) is 68.5 cm³/mol. The number of halogens is 1. The Morgan fingerprint density at radius 3 is 2.95 bits per heavy atom. The first-order valence-electron chi connectivity index (χ1n) is 5.85. The molecule has 1 aromatic carbocycles. The van der Waals surface area contributed by atoms with E-state index in [1.54, 1.807) is 11.5 Å². The lowest BCUT2D eigenvalue weighted by Gasteiger charge is -2.10. The molecule has 0 N–H and O–H groups in total. The summed E-state index contributed by atoms with van der Waals surface area (Å²) in [6.07, 6.45) is 1.41. The van der Waals surface area contributed by atoms with E-state index in [1.165, 1.54) is 31.5 Å². The minimum Gasteiger partial charge on any atom is -0.464 e. The molecule has 0 atom stereocenters. The lowest BCUT2D eigenvalue weighted by Crippen LogP contribution is -2.13. The number of nitrogens with zero attached hydrogens (tertiary/aromatic N) is 3. The van der Waals surface area contributed by atoms with Crippen molar-refractivity contribution in [2.24, 2.45) is 0 Å². The molecule has 0 fully saturated rings. The number of carbonyl (C=O) groups is 1. The van der Waals surface area contributed by atoms with Crippen LogP contribution in [0.15, 0.2) is 24.4 Å². The van der Waals surface area contributed by atoms with Crippen LogP contribution in [0.3, 0.4) is 0 Å². The first-order chi connectivity index (χ1) is 9.56. The predicted octanol–water partition coefficient (Wildman–Crippen LogP) is 2.04. The Kier molecular flexibility index (Phi) is 3.80. The number of ether oxygens (including phenoxy) is 1. The van der Waals surface area contributed by atoms with E-state index in [0.717, 1.165) is 0 Å². The lowest BCUT2D eigenvalue weighted by molar-refractivity contribution is 0.0588. The Morgan fingerprint density at radius 2 is 2.30 bits per heavy atom. The van der Waals surface area contributed by atoms with Crippen LogP contribution in [-0.2, 0) is 11.3 Å². The monoisotopic (exact) mass is 273 g/mol. The van der Waals surface area contributed by atoms with Crippen molar-refractivity contribution >= 4 is 5.97 Å². The Balaban J connectivity index is 2.43. The minimum atomic E-state index is -0.508. The Morgan fingerprint density at radius 1 is 1.55 bits per heavy atom. The summed E-state index contributed by atoms with van der Waals surface area (Å²) in [5.41, 5.74) is 1.13. The van der Waals surface area contributed by atoms with E-state index >= 15 is 0 Å². The standard InChI is InChI=1S/C14H12FN3O2/c1-9-17-7-13(14(19)20-2)18(9)8-10-3-4-12(15)5-11(10)6-16/h3-5,7H,8H2,1-2H3. The fourth-order valence-corrected chi connectivity index (χ4v) is 1.90. The number of esters is 1. The number of aryl methyl sites for hydroxylation is 1. The molecule has 0 amide bonds. The third kappa shape index (κ3) is 2.52. The van der Waals surface area contributed by atoms with Gasteiger partial charge in [0.15, 0.2) is 0 Å². The number of rotatable bonds is 3. The van der Waals surface area contributed by atoms with Gasteiger partial charge in [0.2, 0.25) is 0 Å². The van der Waals surface area contributed by atoms with Gasteiger partial charge in [-0.3, -0.25) is 0 Å². The highest BCUT2D eigenvalue weighted by molar-refractivity contribution is 5.87. The number of hydrogen-bond donors (Lipinski definition) is 0. The largest absolute Gasteiger partial charge is 0.464 e. The molecule has 5 nitrogen and oxygen atoms in total. The second kappa shape index (κ2) is 5.53. The zero-order valence-electron chi connectivity index (χ0n) is 11.1. The fraction of sp³-hybridized carbons (Fsp3) is 0.214. The van der Waals surface area contributed by atoms with Crippen LogP contribution >= 0.6 is 0 Å². The van der Waals surface area contributed by atoms with Gasteiger partial charge in [-0.1, -0.05) is 6.07 Å². The Bertz CT molecular complexity index is 701. The number of benzene rings is 1. The van der Waals surface area contributed by atoms with Gasteiger partial charge in [-0.15, -0.1) is 0 Å². The van der Waals surface area contributed by atoms with Crippen molar-refractivity contribution in [2.75, 3.05) is 7.11 Å². The van der Waals surface area contributed by atoms with E-state index in [4.69, 9.17) is 5.26 Å². The van der Waals surface area contributed by atoms with Gasteiger partial charge in [0.05, 0.1) is 31.5 Å². The van der Waals surface area contributed by atoms with Crippen molar-refractivity contribution in [1.82, 2.24) is 9.55 Å². The van der Waals surface area contributed by atoms with Crippen molar-refractivity contribution < 1.29 is 13.9 Å². The first-order valence-corrected chi connectivity index (χ1v) is 5.85. The maximum atomic E-state index is 13.1. The minimum absolute atomic E-state index is 0.230. The quantitative estimate of drug-likeness (QED) is 0.802. The van der Waals surface area contributed by atoms with E-state index in [-0.39, 0.29) is 12.1 Å². The lowest BCUT2D eigenvalue weighted by atomic mass is 10.1. The van der Waals surface area contributed by atoms with Gasteiger partial charge in [-0.05, 0) is 24.6 Å². The van der Waals surface area contributed by atoms with E-state index in [0.29, 0.717) is 17.1 Å². The molecule has 0 spiro atoms. The molecule has 6 heteroatoms. The molecular weight excluding hydrogens is 261 g/mol. The average molecular weight is 273 g/mol. The molecule has 1 heterocycles. The van der Waals surface area contributed by atoms with Crippen LogP contribution in [0.2, 0.25) is 0 Å². The summed E-state index contributed by atoms with van der Waals surface area (Å²) < 4.78 is 19.4. The van der Waals surface area contributed by atoms with Gasteiger partial charge in [0.25, 0.3) is 0 Å². The van der Waals surface area contributed by atoms with Crippen LogP contribution in [-0.4, -0.2) is 22.6 Å². The number of imidazole rings is 1. The highest BCUT2D eigenvalue weighted by Crippen LogP contribution is 2.15. The average Bonchev–Trinajstić information content (AvgIpc) is 2.81. The van der Waals surface area contributed by atoms with Crippen molar-refractivity contribution in [3.05, 3.63) is 52.9 Å². The number of nitriles is 1. The zero-order valence-corrected chi connectivity index (χ0v) is 11.1. The van der Waals surface area contributed by atoms with Gasteiger partial charge in [0, 0.05) is 0 Å². The molecule has 0 radical (unpaired) electrons. The van der Waals surface area contributed by atoms with Crippen LogP contribution in [0.4, 0.5) is 4.39 Å². The third-order valence-electron chi connectivity index (χ3n) is 2.97. The maximum absolute atomic E-state index is 13.1. The molecule has 0 bridgehead atoms. The number of methoxy groups -OCH3 is 1. The van der Waals surface area contributed by atoms with E-state index in [9.17, 15) is 9.18 Å². The Hall–Kier alpha value is -2.68. The number of hydrogen-bond acceptors (Lipinski definition) is 4. The number of aromatic nitrogens is 2. The van der Waals surface area contributed by atoms with Crippen LogP contribution in [0.25, 0.3) is 0 Å². The molecule has 0 aliphatic carbocycles. The summed E-state index contributed by atoms with van der Waals surface area (Å²) >= 11 is 0. The van der Waals surface area contributed by atoms with Crippen LogP contribution < -0.4 is 0 Å². The summed E-state index contributed by atoms with van der Waals surface area (Å²) in [7, 11) is 1.29. The normalized spacial score (nSPS) is 10.1. The molecular formula is C14H12FN3O2. The molecule has 0 aliphatic rings. The van der Waals surface area contributed by atoms with Gasteiger partial charge >= 0.3 is 5.97 Å². The van der Waals surface area contributed by atoms with E-state index < -0.39 is 11.8 Å². The fourth-order valence-electron chi connectivity index (χ4n) is 1.90. The Labute approximate surface area is 115 Å². The molecule has 2 aromatic rings. The van der Waals surface area contributed by atoms with Crippen LogP contribution in [0, 0.1) is 24.1 Å². The molecule has 0 unspecified atom stereocenters. The van der Waals surface area contributed by atoms with Gasteiger partial charge in [-0.2, -0.15) is 5.26 Å². The van der Waals surface area contributed by atoms with Gasteiger partial charge < -0.3 is 9.30 Å². The molecule has 20 heavy (non-hydrogen) atoms. The number of carbonyl (C=O) groups excluding carboxylic acids is 1. The third-order valence-corrected chi connectivity index (χ3v) is 2.97. The molecule has 0 saturated carbocycles.